The quantitative estimate of drug-likeness (QED) is 0.857. The molecule has 3 heteroatoms. The van der Waals surface area contributed by atoms with E-state index in [9.17, 15) is 0 Å². The zero-order chi connectivity index (χ0) is 12.3. The largest absolute Gasteiger partial charge is 0.496 e. The third kappa shape index (κ3) is 2.47. The topological polar surface area (TPSA) is 44.5 Å². The molecule has 1 rings (SSSR count). The number of nitrogens with two attached hydrogens (primary N) is 1. The molecule has 0 saturated heterocycles. The fourth-order valence-corrected chi connectivity index (χ4v) is 1.62. The van der Waals surface area contributed by atoms with Gasteiger partial charge in [-0.15, -0.1) is 0 Å². The van der Waals surface area contributed by atoms with Gasteiger partial charge in [-0.3, -0.25) is 0 Å². The molecular weight excluding hydrogens is 202 g/mol. The Bertz CT molecular complexity index is 333. The van der Waals surface area contributed by atoms with Gasteiger partial charge in [-0.2, -0.15) is 0 Å². The minimum absolute atomic E-state index is 0.0398. The van der Waals surface area contributed by atoms with Crippen LogP contribution in [0.5, 0.6) is 11.5 Å². The molecule has 1 aromatic carbocycles. The molecule has 0 unspecified atom stereocenters. The van der Waals surface area contributed by atoms with Crippen LogP contribution in [0.3, 0.4) is 0 Å². The number of ether oxygens (including phenoxy) is 2. The average Bonchev–Trinajstić information content (AvgIpc) is 2.25. The normalized spacial score (nSPS) is 13.4. The second-order valence-corrected chi connectivity index (χ2v) is 4.92. The van der Waals surface area contributed by atoms with Crippen molar-refractivity contribution >= 4 is 0 Å². The summed E-state index contributed by atoms with van der Waals surface area (Å²) in [6, 6.07) is 5.59. The number of methoxy groups -OCH3 is 2. The van der Waals surface area contributed by atoms with Gasteiger partial charge in [0.25, 0.3) is 0 Å². The Morgan fingerprint density at radius 2 is 1.50 bits per heavy atom. The van der Waals surface area contributed by atoms with Crippen LogP contribution >= 0.6 is 0 Å². The van der Waals surface area contributed by atoms with Crippen molar-refractivity contribution in [1.82, 2.24) is 0 Å². The molecule has 0 saturated carbocycles. The summed E-state index contributed by atoms with van der Waals surface area (Å²) in [5.74, 6) is 1.56. The maximum absolute atomic E-state index is 6.26. The van der Waals surface area contributed by atoms with E-state index in [0.29, 0.717) is 0 Å². The summed E-state index contributed by atoms with van der Waals surface area (Å²) in [7, 11) is 3.29. The predicted octanol–water partition coefficient (Wildman–Crippen LogP) is 2.75. The molecule has 1 atom stereocenters. The van der Waals surface area contributed by atoms with Gasteiger partial charge in [-0.05, 0) is 17.5 Å². The van der Waals surface area contributed by atoms with E-state index < -0.39 is 0 Å². The van der Waals surface area contributed by atoms with E-state index in [1.54, 1.807) is 14.2 Å². The average molecular weight is 223 g/mol. The molecular formula is C13H21NO2. The molecule has 90 valence electrons. The lowest BCUT2D eigenvalue weighted by atomic mass is 9.82. The van der Waals surface area contributed by atoms with Crippen LogP contribution in [0.15, 0.2) is 18.2 Å². The van der Waals surface area contributed by atoms with Gasteiger partial charge in [0.2, 0.25) is 0 Å². The van der Waals surface area contributed by atoms with E-state index >= 15 is 0 Å². The SMILES string of the molecule is COc1cccc(OC)c1[C@H](N)C(C)(C)C. The Hall–Kier alpha value is -1.22. The number of hydrogen-bond acceptors (Lipinski definition) is 3. The highest BCUT2D eigenvalue weighted by Gasteiger charge is 2.27. The molecule has 0 spiro atoms. The highest BCUT2D eigenvalue weighted by atomic mass is 16.5. The summed E-state index contributed by atoms with van der Waals surface area (Å²) in [6.07, 6.45) is 0. The van der Waals surface area contributed by atoms with Gasteiger partial charge in [0.15, 0.2) is 0 Å². The van der Waals surface area contributed by atoms with Crippen LogP contribution in [0.4, 0.5) is 0 Å². The van der Waals surface area contributed by atoms with Gasteiger partial charge < -0.3 is 15.2 Å². The van der Waals surface area contributed by atoms with Crippen molar-refractivity contribution in [3.05, 3.63) is 23.8 Å². The lowest BCUT2D eigenvalue weighted by Gasteiger charge is -2.29. The molecule has 0 aliphatic heterocycles. The van der Waals surface area contributed by atoms with Crippen molar-refractivity contribution in [2.75, 3.05) is 14.2 Å². The van der Waals surface area contributed by atoms with Gasteiger partial charge in [-0.1, -0.05) is 26.8 Å². The maximum atomic E-state index is 6.26. The van der Waals surface area contributed by atoms with E-state index in [-0.39, 0.29) is 11.5 Å². The Kier molecular flexibility index (Phi) is 3.81. The smallest absolute Gasteiger partial charge is 0.127 e. The van der Waals surface area contributed by atoms with Crippen molar-refractivity contribution in [3.63, 3.8) is 0 Å². The Morgan fingerprint density at radius 1 is 1.06 bits per heavy atom. The van der Waals surface area contributed by atoms with Gasteiger partial charge in [-0.25, -0.2) is 0 Å². The lowest BCUT2D eigenvalue weighted by Crippen LogP contribution is -2.27. The first-order chi connectivity index (χ1) is 7.41. The molecule has 0 fully saturated rings. The van der Waals surface area contributed by atoms with Crippen LogP contribution in [0.1, 0.15) is 32.4 Å². The van der Waals surface area contributed by atoms with Crippen LogP contribution in [0.25, 0.3) is 0 Å². The maximum Gasteiger partial charge on any atom is 0.127 e. The molecule has 0 aliphatic rings. The summed E-state index contributed by atoms with van der Waals surface area (Å²) in [5, 5.41) is 0. The highest BCUT2D eigenvalue weighted by molar-refractivity contribution is 5.47. The van der Waals surface area contributed by atoms with Crippen LogP contribution < -0.4 is 15.2 Å². The van der Waals surface area contributed by atoms with Crippen molar-refractivity contribution < 1.29 is 9.47 Å². The van der Waals surface area contributed by atoms with Crippen molar-refractivity contribution in [3.8, 4) is 11.5 Å². The van der Waals surface area contributed by atoms with E-state index in [0.717, 1.165) is 17.1 Å². The highest BCUT2D eigenvalue weighted by Crippen LogP contribution is 2.40. The predicted molar refractivity (Wildman–Crippen MR) is 65.9 cm³/mol. The summed E-state index contributed by atoms with van der Waals surface area (Å²) in [4.78, 5) is 0. The van der Waals surface area contributed by atoms with Gasteiger partial charge in [0.1, 0.15) is 11.5 Å². The van der Waals surface area contributed by atoms with Crippen molar-refractivity contribution in [2.24, 2.45) is 11.1 Å². The molecule has 0 aromatic heterocycles. The third-order valence-corrected chi connectivity index (χ3v) is 2.71. The summed E-state index contributed by atoms with van der Waals surface area (Å²) in [6.45, 7) is 6.30. The fourth-order valence-electron chi connectivity index (χ4n) is 1.62. The molecule has 0 heterocycles. The molecule has 3 nitrogen and oxygen atoms in total. The summed E-state index contributed by atoms with van der Waals surface area (Å²) >= 11 is 0. The minimum Gasteiger partial charge on any atom is -0.496 e. The number of rotatable bonds is 3. The zero-order valence-electron chi connectivity index (χ0n) is 10.7. The van der Waals surface area contributed by atoms with Crippen LogP contribution in [0, 0.1) is 5.41 Å². The second-order valence-electron chi connectivity index (χ2n) is 4.92. The third-order valence-electron chi connectivity index (χ3n) is 2.71. The second kappa shape index (κ2) is 4.74. The molecule has 16 heavy (non-hydrogen) atoms. The summed E-state index contributed by atoms with van der Waals surface area (Å²) in [5.41, 5.74) is 7.16. The lowest BCUT2D eigenvalue weighted by molar-refractivity contribution is 0.301. The molecule has 1 aromatic rings. The van der Waals surface area contributed by atoms with E-state index in [2.05, 4.69) is 20.8 Å². The fraction of sp³-hybridized carbons (Fsp3) is 0.538. The summed E-state index contributed by atoms with van der Waals surface area (Å²) < 4.78 is 10.7. The van der Waals surface area contributed by atoms with Gasteiger partial charge in [0, 0.05) is 6.04 Å². The number of hydrogen-bond donors (Lipinski definition) is 1. The molecule has 0 amide bonds. The molecule has 0 aliphatic carbocycles. The Balaban J connectivity index is 3.28. The first kappa shape index (κ1) is 12.8. The van der Waals surface area contributed by atoms with Crippen LogP contribution in [0.2, 0.25) is 0 Å². The molecule has 0 radical (unpaired) electrons. The number of benzene rings is 1. The first-order valence-electron chi connectivity index (χ1n) is 5.38. The first-order valence-corrected chi connectivity index (χ1v) is 5.38. The zero-order valence-corrected chi connectivity index (χ0v) is 10.7. The van der Waals surface area contributed by atoms with Crippen molar-refractivity contribution in [1.29, 1.82) is 0 Å². The van der Waals surface area contributed by atoms with E-state index in [1.807, 2.05) is 18.2 Å². The minimum atomic E-state index is -0.126. The van der Waals surface area contributed by atoms with E-state index in [4.69, 9.17) is 15.2 Å². The molecule has 2 N–H and O–H groups in total. The monoisotopic (exact) mass is 223 g/mol. The van der Waals surface area contributed by atoms with E-state index in [1.165, 1.54) is 0 Å². The Morgan fingerprint density at radius 3 is 1.81 bits per heavy atom. The standard InChI is InChI=1S/C13H21NO2/c1-13(2,3)12(14)11-9(15-4)7-6-8-10(11)16-5/h6-8,12H,14H2,1-5H3/t12-/m0/s1. The molecule has 0 bridgehead atoms. The van der Waals surface area contributed by atoms with Crippen LogP contribution in [-0.2, 0) is 0 Å². The Labute approximate surface area is 97.6 Å². The van der Waals surface area contributed by atoms with Crippen LogP contribution in [-0.4, -0.2) is 14.2 Å². The van der Waals surface area contributed by atoms with Crippen molar-refractivity contribution in [2.45, 2.75) is 26.8 Å². The van der Waals surface area contributed by atoms with Gasteiger partial charge >= 0.3 is 0 Å². The van der Waals surface area contributed by atoms with Gasteiger partial charge in [0.05, 0.1) is 19.8 Å².